The molecule has 1 aliphatic heterocycles. The minimum absolute atomic E-state index is 0.425. The summed E-state index contributed by atoms with van der Waals surface area (Å²) in [4.78, 5) is 6.73. The molecule has 0 saturated carbocycles. The Morgan fingerprint density at radius 1 is 1.56 bits per heavy atom. The highest BCUT2D eigenvalue weighted by Gasteiger charge is 2.23. The Morgan fingerprint density at radius 3 is 3.38 bits per heavy atom. The lowest BCUT2D eigenvalue weighted by Crippen LogP contribution is -2.39. The highest BCUT2D eigenvalue weighted by atomic mass is 16.3. The normalized spacial score (nSPS) is 20.8. The van der Waals surface area contributed by atoms with E-state index in [9.17, 15) is 0 Å². The summed E-state index contributed by atoms with van der Waals surface area (Å²) >= 11 is 0. The van der Waals surface area contributed by atoms with Crippen molar-refractivity contribution in [2.24, 2.45) is 0 Å². The molecular formula is C12H15N3O. The molecule has 0 aliphatic carbocycles. The van der Waals surface area contributed by atoms with Gasteiger partial charge < -0.3 is 14.6 Å². The number of hydrogen-bond donors (Lipinski definition) is 1. The number of furan rings is 1. The Balaban J connectivity index is 1.98. The van der Waals surface area contributed by atoms with Gasteiger partial charge in [-0.1, -0.05) is 0 Å². The van der Waals surface area contributed by atoms with Crippen LogP contribution in [0.2, 0.25) is 0 Å². The van der Waals surface area contributed by atoms with Crippen LogP contribution in [0.5, 0.6) is 0 Å². The molecule has 4 nitrogen and oxygen atoms in total. The van der Waals surface area contributed by atoms with Crippen LogP contribution in [0.15, 0.2) is 29.0 Å². The molecule has 0 spiro atoms. The number of rotatable bonds is 2. The van der Waals surface area contributed by atoms with E-state index in [4.69, 9.17) is 4.42 Å². The first-order chi connectivity index (χ1) is 7.88. The molecule has 4 heteroatoms. The van der Waals surface area contributed by atoms with E-state index in [1.807, 2.05) is 19.3 Å². The Kier molecular flexibility index (Phi) is 2.29. The highest BCUT2D eigenvalue weighted by molar-refractivity contribution is 5.76. The summed E-state index contributed by atoms with van der Waals surface area (Å²) in [6.07, 6.45) is 6.44. The number of hydrogen-bond acceptors (Lipinski definition) is 4. The smallest absolute Gasteiger partial charge is 0.154 e. The molecule has 1 atom stereocenters. The van der Waals surface area contributed by atoms with Gasteiger partial charge in [0, 0.05) is 18.7 Å². The quantitative estimate of drug-likeness (QED) is 0.835. The molecule has 0 bridgehead atoms. The summed E-state index contributed by atoms with van der Waals surface area (Å²) in [7, 11) is 2.00. The van der Waals surface area contributed by atoms with Crippen LogP contribution in [0, 0.1) is 0 Å². The van der Waals surface area contributed by atoms with Crippen molar-refractivity contribution in [1.29, 1.82) is 0 Å². The van der Waals surface area contributed by atoms with E-state index in [-0.39, 0.29) is 0 Å². The van der Waals surface area contributed by atoms with E-state index in [1.54, 1.807) is 6.26 Å². The topological polar surface area (TPSA) is 41.3 Å². The summed E-state index contributed by atoms with van der Waals surface area (Å²) in [5.74, 6) is 0. The van der Waals surface area contributed by atoms with Crippen LogP contribution in [0.25, 0.3) is 11.1 Å². The lowest BCUT2D eigenvalue weighted by molar-refractivity contribution is 0.580. The monoisotopic (exact) mass is 217 g/mol. The zero-order valence-electron chi connectivity index (χ0n) is 9.31. The standard InChI is InChI=1S/C12H15N3O/c1-13-12-3-2-5-15(12)9-7-11-10(14-8-9)4-6-16-11/h4,6-8,12-13H,2-3,5H2,1H3. The van der Waals surface area contributed by atoms with Crippen molar-refractivity contribution in [3.63, 3.8) is 0 Å². The Morgan fingerprint density at radius 2 is 2.50 bits per heavy atom. The predicted molar refractivity (Wildman–Crippen MR) is 63.4 cm³/mol. The average molecular weight is 217 g/mol. The van der Waals surface area contributed by atoms with Gasteiger partial charge in [-0.2, -0.15) is 0 Å². The minimum atomic E-state index is 0.425. The van der Waals surface area contributed by atoms with Crippen LogP contribution in [0.3, 0.4) is 0 Å². The summed E-state index contributed by atoms with van der Waals surface area (Å²) in [5.41, 5.74) is 2.92. The van der Waals surface area contributed by atoms with Gasteiger partial charge in [0.1, 0.15) is 5.52 Å². The van der Waals surface area contributed by atoms with E-state index in [2.05, 4.69) is 21.3 Å². The summed E-state index contributed by atoms with van der Waals surface area (Å²) < 4.78 is 5.38. The molecule has 1 saturated heterocycles. The first-order valence-corrected chi connectivity index (χ1v) is 5.65. The zero-order chi connectivity index (χ0) is 11.0. The van der Waals surface area contributed by atoms with Crippen LogP contribution in [-0.2, 0) is 0 Å². The summed E-state index contributed by atoms with van der Waals surface area (Å²) in [6, 6.07) is 3.96. The molecule has 16 heavy (non-hydrogen) atoms. The third kappa shape index (κ3) is 1.46. The maximum Gasteiger partial charge on any atom is 0.154 e. The van der Waals surface area contributed by atoms with Gasteiger partial charge in [-0.05, 0) is 19.9 Å². The van der Waals surface area contributed by atoms with E-state index >= 15 is 0 Å². The fourth-order valence-electron chi connectivity index (χ4n) is 2.37. The molecule has 0 aromatic carbocycles. The zero-order valence-corrected chi connectivity index (χ0v) is 9.31. The fraction of sp³-hybridized carbons (Fsp3) is 0.417. The van der Waals surface area contributed by atoms with Crippen molar-refractivity contribution in [3.05, 3.63) is 24.6 Å². The van der Waals surface area contributed by atoms with Crippen LogP contribution in [0.1, 0.15) is 12.8 Å². The van der Waals surface area contributed by atoms with Gasteiger partial charge in [0.25, 0.3) is 0 Å². The van der Waals surface area contributed by atoms with Gasteiger partial charge >= 0.3 is 0 Å². The van der Waals surface area contributed by atoms with Crippen molar-refractivity contribution >= 4 is 16.8 Å². The largest absolute Gasteiger partial charge is 0.463 e. The summed E-state index contributed by atoms with van der Waals surface area (Å²) in [6.45, 7) is 1.08. The second-order valence-electron chi connectivity index (χ2n) is 4.14. The van der Waals surface area contributed by atoms with Crippen molar-refractivity contribution in [1.82, 2.24) is 10.3 Å². The number of nitrogens with zero attached hydrogens (tertiary/aromatic N) is 2. The molecule has 1 unspecified atom stereocenters. The lowest BCUT2D eigenvalue weighted by Gasteiger charge is -2.25. The molecule has 0 radical (unpaired) electrons. The van der Waals surface area contributed by atoms with Crippen molar-refractivity contribution in [3.8, 4) is 0 Å². The van der Waals surface area contributed by atoms with Gasteiger partial charge in [-0.3, -0.25) is 4.98 Å². The molecule has 1 aliphatic rings. The Bertz CT molecular complexity index is 494. The minimum Gasteiger partial charge on any atom is -0.463 e. The lowest BCUT2D eigenvalue weighted by atomic mass is 10.3. The number of nitrogens with one attached hydrogen (secondary N) is 1. The van der Waals surface area contributed by atoms with Crippen molar-refractivity contribution < 1.29 is 4.42 Å². The summed E-state index contributed by atoms with van der Waals surface area (Å²) in [5, 5.41) is 3.32. The first kappa shape index (κ1) is 9.66. The first-order valence-electron chi connectivity index (χ1n) is 5.65. The predicted octanol–water partition coefficient (Wildman–Crippen LogP) is 1.97. The van der Waals surface area contributed by atoms with Crippen molar-refractivity contribution in [2.45, 2.75) is 19.0 Å². The van der Waals surface area contributed by atoms with Crippen LogP contribution >= 0.6 is 0 Å². The van der Waals surface area contributed by atoms with Gasteiger partial charge in [-0.25, -0.2) is 0 Å². The second kappa shape index (κ2) is 3.79. The van der Waals surface area contributed by atoms with Gasteiger partial charge in [0.2, 0.25) is 0 Å². The SMILES string of the molecule is CNC1CCCN1c1cnc2ccoc2c1. The van der Waals surface area contributed by atoms with E-state index in [1.165, 1.54) is 12.8 Å². The highest BCUT2D eigenvalue weighted by Crippen LogP contribution is 2.26. The molecule has 2 aromatic heterocycles. The Hall–Kier alpha value is -1.55. The number of fused-ring (bicyclic) bond motifs is 1. The van der Waals surface area contributed by atoms with E-state index < -0.39 is 0 Å². The molecule has 2 aromatic rings. The molecule has 1 fully saturated rings. The number of aromatic nitrogens is 1. The number of pyridine rings is 1. The van der Waals surface area contributed by atoms with Gasteiger partial charge in [0.15, 0.2) is 5.58 Å². The van der Waals surface area contributed by atoms with Crippen LogP contribution < -0.4 is 10.2 Å². The molecule has 3 rings (SSSR count). The van der Waals surface area contributed by atoms with Crippen LogP contribution in [0.4, 0.5) is 5.69 Å². The molecule has 84 valence electrons. The van der Waals surface area contributed by atoms with Gasteiger partial charge in [0.05, 0.1) is 24.3 Å². The third-order valence-corrected chi connectivity index (χ3v) is 3.21. The van der Waals surface area contributed by atoms with E-state index in [0.29, 0.717) is 6.17 Å². The van der Waals surface area contributed by atoms with Gasteiger partial charge in [-0.15, -0.1) is 0 Å². The molecule has 3 heterocycles. The molecule has 1 N–H and O–H groups in total. The second-order valence-corrected chi connectivity index (χ2v) is 4.14. The fourth-order valence-corrected chi connectivity index (χ4v) is 2.37. The number of anilines is 1. The molecular weight excluding hydrogens is 202 g/mol. The maximum atomic E-state index is 5.38. The van der Waals surface area contributed by atoms with E-state index in [0.717, 1.165) is 23.3 Å². The average Bonchev–Trinajstić information content (AvgIpc) is 2.96. The third-order valence-electron chi connectivity index (χ3n) is 3.21. The van der Waals surface area contributed by atoms with Crippen molar-refractivity contribution in [2.75, 3.05) is 18.5 Å². The molecule has 0 amide bonds. The van der Waals surface area contributed by atoms with Crippen LogP contribution in [-0.4, -0.2) is 24.7 Å². The Labute approximate surface area is 94.3 Å². The maximum absolute atomic E-state index is 5.38.